The maximum Gasteiger partial charge on any atom is 0.219 e. The molecule has 1 heterocycles. The lowest BCUT2D eigenvalue weighted by atomic mass is 9.64. The summed E-state index contributed by atoms with van der Waals surface area (Å²) >= 11 is 0. The highest BCUT2D eigenvalue weighted by Crippen LogP contribution is 2.42. The summed E-state index contributed by atoms with van der Waals surface area (Å²) < 4.78 is 5.53. The predicted molar refractivity (Wildman–Crippen MR) is 112 cm³/mol. The molecule has 2 unspecified atom stereocenters. The molecule has 2 rings (SSSR count). The number of hydrogen-bond acceptors (Lipinski definition) is 3. The molecule has 0 aromatic rings. The van der Waals surface area contributed by atoms with Gasteiger partial charge in [-0.2, -0.15) is 0 Å². The molecule has 0 bridgehead atoms. The summed E-state index contributed by atoms with van der Waals surface area (Å²) in [5.74, 6) is 1.66. The molecule has 7 heteroatoms. The van der Waals surface area contributed by atoms with E-state index >= 15 is 0 Å². The van der Waals surface area contributed by atoms with Crippen LogP contribution in [0.3, 0.4) is 0 Å². The van der Waals surface area contributed by atoms with E-state index < -0.39 is 0 Å². The van der Waals surface area contributed by atoms with Crippen LogP contribution in [0.15, 0.2) is 4.99 Å². The fourth-order valence-electron chi connectivity index (χ4n) is 3.67. The van der Waals surface area contributed by atoms with Crippen LogP contribution in [0.5, 0.6) is 0 Å². The summed E-state index contributed by atoms with van der Waals surface area (Å²) in [6, 6.07) is 0.389. The van der Waals surface area contributed by atoms with E-state index in [0.717, 1.165) is 51.4 Å². The van der Waals surface area contributed by atoms with Crippen LogP contribution in [-0.4, -0.2) is 62.2 Å². The van der Waals surface area contributed by atoms with E-state index in [4.69, 9.17) is 9.73 Å². The number of rotatable bonds is 5. The van der Waals surface area contributed by atoms with Gasteiger partial charge in [-0.3, -0.25) is 9.79 Å². The second-order valence-corrected chi connectivity index (χ2v) is 7.65. The van der Waals surface area contributed by atoms with E-state index in [1.807, 2.05) is 4.90 Å². The van der Waals surface area contributed by atoms with Gasteiger partial charge in [0.15, 0.2) is 5.96 Å². The highest BCUT2D eigenvalue weighted by molar-refractivity contribution is 14.0. The Morgan fingerprint density at radius 2 is 1.96 bits per heavy atom. The number of hydrogen-bond donors (Lipinski definition) is 2. The Morgan fingerprint density at radius 1 is 1.32 bits per heavy atom. The first kappa shape index (κ1) is 22.5. The van der Waals surface area contributed by atoms with E-state index in [9.17, 15) is 4.79 Å². The van der Waals surface area contributed by atoms with Crippen LogP contribution >= 0.6 is 24.0 Å². The number of carbonyl (C=O) groups excluding carboxylic acids is 1. The van der Waals surface area contributed by atoms with E-state index in [1.54, 1.807) is 14.0 Å². The highest BCUT2D eigenvalue weighted by atomic mass is 127. The van der Waals surface area contributed by atoms with Gasteiger partial charge in [0.25, 0.3) is 0 Å². The minimum absolute atomic E-state index is 0. The van der Waals surface area contributed by atoms with Crippen LogP contribution in [-0.2, 0) is 9.53 Å². The van der Waals surface area contributed by atoms with E-state index in [2.05, 4.69) is 31.4 Å². The van der Waals surface area contributed by atoms with Gasteiger partial charge < -0.3 is 20.3 Å². The molecule has 0 aromatic heterocycles. The Kier molecular flexibility index (Phi) is 8.94. The number of amides is 1. The van der Waals surface area contributed by atoms with E-state index in [-0.39, 0.29) is 35.3 Å². The van der Waals surface area contributed by atoms with Crippen LogP contribution in [0.2, 0.25) is 0 Å². The zero-order valence-corrected chi connectivity index (χ0v) is 18.6. The number of piperidine rings is 1. The van der Waals surface area contributed by atoms with Crippen LogP contribution in [0.1, 0.15) is 47.0 Å². The number of methoxy groups -OCH3 is 1. The number of likely N-dealkylation sites (tertiary alicyclic amines) is 1. The third kappa shape index (κ3) is 5.70. The average Bonchev–Trinajstić information content (AvgIpc) is 2.56. The van der Waals surface area contributed by atoms with Gasteiger partial charge in [0, 0.05) is 51.7 Å². The molecule has 146 valence electrons. The Morgan fingerprint density at radius 3 is 2.44 bits per heavy atom. The first-order chi connectivity index (χ1) is 11.4. The van der Waals surface area contributed by atoms with Crippen LogP contribution in [0, 0.1) is 11.3 Å². The molecule has 2 N–H and O–H groups in total. The quantitative estimate of drug-likeness (QED) is 0.371. The SMILES string of the molecule is CCNC(=NCC1CCN(C(C)=O)CC1)NC1CC(OC)C1(C)C.I. The molecule has 0 aromatic carbocycles. The third-order valence-electron chi connectivity index (χ3n) is 5.68. The minimum atomic E-state index is 0. The summed E-state index contributed by atoms with van der Waals surface area (Å²) in [7, 11) is 1.79. The topological polar surface area (TPSA) is 66.0 Å². The van der Waals surface area contributed by atoms with Gasteiger partial charge in [-0.15, -0.1) is 24.0 Å². The van der Waals surface area contributed by atoms with Crippen LogP contribution in [0.4, 0.5) is 0 Å². The van der Waals surface area contributed by atoms with Crippen molar-refractivity contribution in [3.05, 3.63) is 0 Å². The molecule has 1 aliphatic heterocycles. The second kappa shape index (κ2) is 9.94. The lowest BCUT2D eigenvalue weighted by molar-refractivity contribution is -0.130. The number of ether oxygens (including phenoxy) is 1. The second-order valence-electron chi connectivity index (χ2n) is 7.65. The minimum Gasteiger partial charge on any atom is -0.381 e. The summed E-state index contributed by atoms with van der Waals surface area (Å²) in [6.45, 7) is 11.6. The first-order valence-electron chi connectivity index (χ1n) is 9.21. The highest BCUT2D eigenvalue weighted by Gasteiger charge is 2.48. The van der Waals surface area contributed by atoms with Gasteiger partial charge in [-0.05, 0) is 32.1 Å². The molecule has 1 amide bonds. The fourth-order valence-corrected chi connectivity index (χ4v) is 3.67. The van der Waals surface area contributed by atoms with Gasteiger partial charge in [0.05, 0.1) is 6.10 Å². The van der Waals surface area contributed by atoms with Crippen molar-refractivity contribution in [1.82, 2.24) is 15.5 Å². The molecule has 0 spiro atoms. The molecule has 2 aliphatic rings. The number of nitrogens with one attached hydrogen (secondary N) is 2. The zero-order valence-electron chi connectivity index (χ0n) is 16.3. The van der Waals surface area contributed by atoms with E-state index in [1.165, 1.54) is 0 Å². The lowest BCUT2D eigenvalue weighted by Gasteiger charge is -2.51. The molecule has 2 fully saturated rings. The van der Waals surface area contributed by atoms with Gasteiger partial charge in [-0.25, -0.2) is 0 Å². The largest absolute Gasteiger partial charge is 0.381 e. The summed E-state index contributed by atoms with van der Waals surface area (Å²) in [6.07, 6.45) is 3.42. The Balaban J connectivity index is 0.00000312. The lowest BCUT2D eigenvalue weighted by Crippen LogP contribution is -2.63. The molecule has 25 heavy (non-hydrogen) atoms. The van der Waals surface area contributed by atoms with Crippen molar-refractivity contribution < 1.29 is 9.53 Å². The zero-order chi connectivity index (χ0) is 17.7. The molecule has 1 saturated carbocycles. The molecular weight excluding hydrogens is 431 g/mol. The van der Waals surface area contributed by atoms with Gasteiger partial charge in [0.2, 0.25) is 5.91 Å². The van der Waals surface area contributed by atoms with Crippen molar-refractivity contribution in [3.63, 3.8) is 0 Å². The van der Waals surface area contributed by atoms with Crippen molar-refractivity contribution >= 4 is 35.8 Å². The van der Waals surface area contributed by atoms with Crippen molar-refractivity contribution in [1.29, 1.82) is 0 Å². The number of guanidine groups is 1. The van der Waals surface area contributed by atoms with Gasteiger partial charge in [0.1, 0.15) is 0 Å². The smallest absolute Gasteiger partial charge is 0.219 e. The normalized spacial score (nSPS) is 26.4. The predicted octanol–water partition coefficient (Wildman–Crippen LogP) is 2.23. The summed E-state index contributed by atoms with van der Waals surface area (Å²) in [4.78, 5) is 18.1. The summed E-state index contributed by atoms with van der Waals surface area (Å²) in [5.41, 5.74) is 0.123. The van der Waals surface area contributed by atoms with Crippen molar-refractivity contribution in [2.45, 2.75) is 59.1 Å². The Bertz CT molecular complexity index is 462. The van der Waals surface area contributed by atoms with Gasteiger partial charge in [-0.1, -0.05) is 13.8 Å². The molecule has 2 atom stereocenters. The van der Waals surface area contributed by atoms with Crippen molar-refractivity contribution in [2.75, 3.05) is 33.3 Å². The molecule has 1 aliphatic carbocycles. The number of nitrogens with zero attached hydrogens (tertiary/aromatic N) is 2. The number of carbonyl (C=O) groups is 1. The van der Waals surface area contributed by atoms with E-state index in [0.29, 0.717) is 18.1 Å². The molecule has 1 saturated heterocycles. The summed E-state index contributed by atoms with van der Waals surface area (Å²) in [5, 5.41) is 6.92. The molecular formula is C18H35IN4O2. The molecule has 0 radical (unpaired) electrons. The van der Waals surface area contributed by atoms with Gasteiger partial charge >= 0.3 is 0 Å². The monoisotopic (exact) mass is 466 g/mol. The Labute approximate surface area is 169 Å². The van der Waals surface area contributed by atoms with Crippen molar-refractivity contribution in [3.8, 4) is 0 Å². The standard InChI is InChI=1S/C18H34N4O2.HI/c1-6-19-17(21-15-11-16(24-5)18(15,3)4)20-12-14-7-9-22(10-8-14)13(2)23;/h14-16H,6-12H2,1-5H3,(H2,19,20,21);1H. The maximum atomic E-state index is 11.4. The average molecular weight is 466 g/mol. The number of halogens is 1. The first-order valence-corrected chi connectivity index (χ1v) is 9.21. The number of aliphatic imine (C=N–C) groups is 1. The fraction of sp³-hybridized carbons (Fsp3) is 0.889. The Hall–Kier alpha value is -0.570. The maximum absolute atomic E-state index is 11.4. The molecule has 6 nitrogen and oxygen atoms in total. The van der Waals surface area contributed by atoms with Crippen LogP contribution in [0.25, 0.3) is 0 Å². The van der Waals surface area contributed by atoms with Crippen molar-refractivity contribution in [2.24, 2.45) is 16.3 Å². The third-order valence-corrected chi connectivity index (χ3v) is 5.68. The van der Waals surface area contributed by atoms with Crippen LogP contribution < -0.4 is 10.6 Å².